The summed E-state index contributed by atoms with van der Waals surface area (Å²) in [6, 6.07) is 14.5. The molecule has 7 heteroatoms. The van der Waals surface area contributed by atoms with Crippen LogP contribution in [0.2, 0.25) is 0 Å². The first-order valence-corrected chi connectivity index (χ1v) is 10.8. The third-order valence-electron chi connectivity index (χ3n) is 4.53. The normalized spacial score (nSPS) is 16.5. The van der Waals surface area contributed by atoms with Gasteiger partial charge in [0.2, 0.25) is 0 Å². The van der Waals surface area contributed by atoms with Gasteiger partial charge in [-0.05, 0) is 30.5 Å². The number of guanidine groups is 1. The SMILES string of the molecule is CCNC(=NCC(c1cccs1)N1CCOCC1)NCCOc1ccccc1. The zero-order valence-corrected chi connectivity index (χ0v) is 17.3. The third kappa shape index (κ3) is 6.51. The van der Waals surface area contributed by atoms with Crippen molar-refractivity contribution in [1.82, 2.24) is 15.5 Å². The Hall–Kier alpha value is -2.09. The molecule has 2 aromatic rings. The van der Waals surface area contributed by atoms with Crippen LogP contribution in [-0.2, 0) is 4.74 Å². The Morgan fingerprint density at radius 3 is 2.71 bits per heavy atom. The molecule has 0 amide bonds. The summed E-state index contributed by atoms with van der Waals surface area (Å²) in [5, 5.41) is 8.83. The zero-order chi connectivity index (χ0) is 19.4. The third-order valence-corrected chi connectivity index (χ3v) is 5.50. The summed E-state index contributed by atoms with van der Waals surface area (Å²) in [5.41, 5.74) is 0. The Morgan fingerprint density at radius 2 is 2.00 bits per heavy atom. The van der Waals surface area contributed by atoms with Crippen LogP contribution >= 0.6 is 11.3 Å². The van der Waals surface area contributed by atoms with Crippen LogP contribution in [0.4, 0.5) is 0 Å². The Kier molecular flexibility index (Phi) is 8.61. The molecule has 1 aliphatic rings. The maximum Gasteiger partial charge on any atom is 0.191 e. The molecule has 1 aromatic carbocycles. The number of nitrogens with one attached hydrogen (secondary N) is 2. The van der Waals surface area contributed by atoms with Crippen molar-refractivity contribution in [3.05, 3.63) is 52.7 Å². The van der Waals surface area contributed by atoms with E-state index in [9.17, 15) is 0 Å². The van der Waals surface area contributed by atoms with E-state index in [1.807, 2.05) is 30.3 Å². The van der Waals surface area contributed by atoms with Crippen molar-refractivity contribution in [2.75, 3.05) is 52.5 Å². The van der Waals surface area contributed by atoms with Gasteiger partial charge >= 0.3 is 0 Å². The highest BCUT2D eigenvalue weighted by atomic mass is 32.1. The molecular formula is C21H30N4O2S. The average Bonchev–Trinajstić information content (AvgIpc) is 3.27. The van der Waals surface area contributed by atoms with Crippen LogP contribution in [0, 0.1) is 0 Å². The number of benzene rings is 1. The lowest BCUT2D eigenvalue weighted by Gasteiger charge is -2.33. The van der Waals surface area contributed by atoms with Crippen LogP contribution in [0.3, 0.4) is 0 Å². The number of hydrogen-bond donors (Lipinski definition) is 2. The van der Waals surface area contributed by atoms with E-state index < -0.39 is 0 Å². The molecule has 152 valence electrons. The van der Waals surface area contributed by atoms with E-state index >= 15 is 0 Å². The number of nitrogens with zero attached hydrogens (tertiary/aromatic N) is 2. The summed E-state index contributed by atoms with van der Waals surface area (Å²) in [7, 11) is 0. The number of morpholine rings is 1. The molecule has 3 rings (SSSR count). The summed E-state index contributed by atoms with van der Waals surface area (Å²) in [6.45, 7) is 8.40. The van der Waals surface area contributed by atoms with Crippen LogP contribution in [-0.4, -0.2) is 63.4 Å². The van der Waals surface area contributed by atoms with Crippen molar-refractivity contribution < 1.29 is 9.47 Å². The Bertz CT molecular complexity index is 688. The Labute approximate surface area is 171 Å². The largest absolute Gasteiger partial charge is 0.492 e. The number of thiophene rings is 1. The average molecular weight is 403 g/mol. The molecule has 6 nitrogen and oxygen atoms in total. The number of aliphatic imine (C=N–C) groups is 1. The Balaban J connectivity index is 1.54. The van der Waals surface area contributed by atoms with Gasteiger partial charge in [0.25, 0.3) is 0 Å². The van der Waals surface area contributed by atoms with Gasteiger partial charge in [0.1, 0.15) is 12.4 Å². The van der Waals surface area contributed by atoms with Crippen molar-refractivity contribution >= 4 is 17.3 Å². The van der Waals surface area contributed by atoms with Crippen LogP contribution in [0.25, 0.3) is 0 Å². The molecular weight excluding hydrogens is 372 g/mol. The number of ether oxygens (including phenoxy) is 2. The number of para-hydroxylation sites is 1. The van der Waals surface area contributed by atoms with Crippen molar-refractivity contribution in [1.29, 1.82) is 0 Å². The smallest absolute Gasteiger partial charge is 0.191 e. The molecule has 1 aromatic heterocycles. The molecule has 1 fully saturated rings. The topological polar surface area (TPSA) is 58.1 Å². The molecule has 1 unspecified atom stereocenters. The number of rotatable bonds is 9. The quantitative estimate of drug-likeness (QED) is 0.384. The minimum absolute atomic E-state index is 0.292. The van der Waals surface area contributed by atoms with E-state index in [2.05, 4.69) is 40.0 Å². The first-order valence-electron chi connectivity index (χ1n) is 9.92. The monoisotopic (exact) mass is 402 g/mol. The van der Waals surface area contributed by atoms with Crippen LogP contribution in [0.1, 0.15) is 17.8 Å². The molecule has 1 aliphatic heterocycles. The van der Waals surface area contributed by atoms with Crippen LogP contribution in [0.15, 0.2) is 52.8 Å². The summed E-state index contributed by atoms with van der Waals surface area (Å²) in [5.74, 6) is 1.71. The summed E-state index contributed by atoms with van der Waals surface area (Å²) < 4.78 is 11.3. The summed E-state index contributed by atoms with van der Waals surface area (Å²) in [4.78, 5) is 8.68. The fraction of sp³-hybridized carbons (Fsp3) is 0.476. The van der Waals surface area contributed by atoms with Crippen molar-refractivity contribution in [3.8, 4) is 5.75 Å². The van der Waals surface area contributed by atoms with Gasteiger partial charge in [0.05, 0.1) is 32.3 Å². The minimum atomic E-state index is 0.292. The standard InChI is InChI=1S/C21H30N4O2S/c1-2-22-21(23-10-13-27-18-7-4-3-5-8-18)24-17-19(20-9-6-16-28-20)25-11-14-26-15-12-25/h3-9,16,19H,2,10-15,17H2,1H3,(H2,22,23,24). The highest BCUT2D eigenvalue weighted by Gasteiger charge is 2.23. The van der Waals surface area contributed by atoms with Gasteiger partial charge in [-0.2, -0.15) is 0 Å². The molecule has 0 bridgehead atoms. The molecule has 1 atom stereocenters. The van der Waals surface area contributed by atoms with E-state index in [0.29, 0.717) is 19.2 Å². The molecule has 0 saturated carbocycles. The first-order chi connectivity index (χ1) is 13.9. The van der Waals surface area contributed by atoms with Gasteiger partial charge in [-0.25, -0.2) is 0 Å². The van der Waals surface area contributed by atoms with E-state index in [1.54, 1.807) is 11.3 Å². The van der Waals surface area contributed by atoms with Gasteiger partial charge in [-0.1, -0.05) is 24.3 Å². The van der Waals surface area contributed by atoms with E-state index in [0.717, 1.165) is 51.1 Å². The highest BCUT2D eigenvalue weighted by molar-refractivity contribution is 7.10. The van der Waals surface area contributed by atoms with Gasteiger partial charge in [-0.15, -0.1) is 11.3 Å². The van der Waals surface area contributed by atoms with Gasteiger partial charge in [-0.3, -0.25) is 9.89 Å². The van der Waals surface area contributed by atoms with Crippen LogP contribution < -0.4 is 15.4 Å². The predicted molar refractivity (Wildman–Crippen MR) is 115 cm³/mol. The second-order valence-electron chi connectivity index (χ2n) is 6.49. The highest BCUT2D eigenvalue weighted by Crippen LogP contribution is 2.26. The van der Waals surface area contributed by atoms with Gasteiger partial charge < -0.3 is 20.1 Å². The second-order valence-corrected chi connectivity index (χ2v) is 7.47. The van der Waals surface area contributed by atoms with Gasteiger partial charge in [0.15, 0.2) is 5.96 Å². The maximum atomic E-state index is 5.75. The fourth-order valence-electron chi connectivity index (χ4n) is 3.13. The molecule has 28 heavy (non-hydrogen) atoms. The minimum Gasteiger partial charge on any atom is -0.492 e. The van der Waals surface area contributed by atoms with Crippen molar-refractivity contribution in [2.45, 2.75) is 13.0 Å². The lowest BCUT2D eigenvalue weighted by atomic mass is 10.2. The summed E-state index contributed by atoms with van der Waals surface area (Å²) >= 11 is 1.80. The van der Waals surface area contributed by atoms with Crippen molar-refractivity contribution in [3.63, 3.8) is 0 Å². The molecule has 0 spiro atoms. The summed E-state index contributed by atoms with van der Waals surface area (Å²) in [6.07, 6.45) is 0. The predicted octanol–water partition coefficient (Wildman–Crippen LogP) is 2.76. The van der Waals surface area contributed by atoms with Crippen LogP contribution in [0.5, 0.6) is 5.75 Å². The molecule has 1 saturated heterocycles. The second kappa shape index (κ2) is 11.7. The van der Waals surface area contributed by atoms with Crippen molar-refractivity contribution in [2.24, 2.45) is 4.99 Å². The fourth-order valence-corrected chi connectivity index (χ4v) is 3.98. The van der Waals surface area contributed by atoms with E-state index in [-0.39, 0.29) is 0 Å². The lowest BCUT2D eigenvalue weighted by Crippen LogP contribution is -2.42. The van der Waals surface area contributed by atoms with Gasteiger partial charge in [0, 0.05) is 24.5 Å². The lowest BCUT2D eigenvalue weighted by molar-refractivity contribution is 0.0186. The maximum absolute atomic E-state index is 5.75. The molecule has 2 N–H and O–H groups in total. The zero-order valence-electron chi connectivity index (χ0n) is 16.5. The number of hydrogen-bond acceptors (Lipinski definition) is 5. The molecule has 0 radical (unpaired) electrons. The van der Waals surface area contributed by atoms with E-state index in [1.165, 1.54) is 4.88 Å². The first kappa shape index (κ1) is 20.6. The molecule has 0 aliphatic carbocycles. The Morgan fingerprint density at radius 1 is 1.18 bits per heavy atom. The molecule has 2 heterocycles. The van der Waals surface area contributed by atoms with E-state index in [4.69, 9.17) is 14.5 Å².